The van der Waals surface area contributed by atoms with Crippen LogP contribution >= 0.6 is 24.0 Å². The smallest absolute Gasteiger partial charge is 0.193 e. The maximum atomic E-state index is 13.9. The van der Waals surface area contributed by atoms with Gasteiger partial charge in [-0.25, -0.2) is 4.39 Å². The van der Waals surface area contributed by atoms with Crippen LogP contribution in [0.25, 0.3) is 0 Å². The molecule has 0 unspecified atom stereocenters. The summed E-state index contributed by atoms with van der Waals surface area (Å²) in [6.07, 6.45) is 4.20. The highest BCUT2D eigenvalue weighted by atomic mass is 127. The van der Waals surface area contributed by atoms with Gasteiger partial charge in [0.25, 0.3) is 0 Å². The van der Waals surface area contributed by atoms with Crippen LogP contribution in [0.4, 0.5) is 10.1 Å². The molecule has 6 nitrogen and oxygen atoms in total. The average Bonchev–Trinajstić information content (AvgIpc) is 2.74. The molecule has 0 saturated carbocycles. The number of halogens is 2. The van der Waals surface area contributed by atoms with Gasteiger partial charge in [0, 0.05) is 60.1 Å². The molecule has 172 valence electrons. The number of anilines is 1. The highest BCUT2D eigenvalue weighted by Crippen LogP contribution is 2.17. The fourth-order valence-electron chi connectivity index (χ4n) is 3.49. The molecule has 0 atom stereocenters. The predicted octanol–water partition coefficient (Wildman–Crippen LogP) is 3.75. The number of likely N-dealkylation sites (tertiary alicyclic amines) is 1. The molecule has 2 rings (SSSR count). The van der Waals surface area contributed by atoms with Crippen molar-refractivity contribution in [2.75, 3.05) is 65.0 Å². The van der Waals surface area contributed by atoms with Crippen LogP contribution < -0.4 is 10.2 Å². The number of benzene rings is 1. The van der Waals surface area contributed by atoms with Crippen LogP contribution in [0, 0.1) is 5.82 Å². The molecule has 1 N–H and O–H groups in total. The molecule has 1 aliphatic rings. The first-order valence-electron chi connectivity index (χ1n) is 10.7. The molecule has 0 amide bonds. The van der Waals surface area contributed by atoms with Gasteiger partial charge in [-0.2, -0.15) is 0 Å². The van der Waals surface area contributed by atoms with Gasteiger partial charge in [0.05, 0.1) is 11.8 Å². The Balaban J connectivity index is 0.00000450. The second kappa shape index (κ2) is 15.6. The Morgan fingerprint density at radius 3 is 2.63 bits per heavy atom. The van der Waals surface area contributed by atoms with E-state index in [-0.39, 0.29) is 29.8 Å². The summed E-state index contributed by atoms with van der Waals surface area (Å²) in [4.78, 5) is 9.06. The lowest BCUT2D eigenvalue weighted by molar-refractivity contribution is 0.00990. The van der Waals surface area contributed by atoms with Gasteiger partial charge in [-0.1, -0.05) is 12.1 Å². The van der Waals surface area contributed by atoms with Crippen molar-refractivity contribution in [3.05, 3.63) is 30.1 Å². The first kappa shape index (κ1) is 26.9. The zero-order valence-electron chi connectivity index (χ0n) is 18.6. The van der Waals surface area contributed by atoms with Gasteiger partial charge >= 0.3 is 0 Å². The van der Waals surface area contributed by atoms with Crippen molar-refractivity contribution < 1.29 is 13.9 Å². The third kappa shape index (κ3) is 9.34. The minimum atomic E-state index is -0.181. The summed E-state index contributed by atoms with van der Waals surface area (Å²) in [7, 11) is 3.64. The summed E-state index contributed by atoms with van der Waals surface area (Å²) in [5, 5.41) is 3.40. The lowest BCUT2D eigenvalue weighted by Crippen LogP contribution is -2.47. The van der Waals surface area contributed by atoms with Crippen molar-refractivity contribution in [1.29, 1.82) is 0 Å². The van der Waals surface area contributed by atoms with Crippen molar-refractivity contribution in [3.8, 4) is 0 Å². The van der Waals surface area contributed by atoms with Gasteiger partial charge in [0.1, 0.15) is 5.82 Å². The van der Waals surface area contributed by atoms with Crippen LogP contribution in [0.5, 0.6) is 0 Å². The number of hydrogen-bond acceptors (Lipinski definition) is 4. The van der Waals surface area contributed by atoms with E-state index in [0.717, 1.165) is 71.0 Å². The monoisotopic (exact) mass is 536 g/mol. The summed E-state index contributed by atoms with van der Waals surface area (Å²) in [5.74, 6) is 0.790. The molecular weight excluding hydrogens is 498 g/mol. The second-order valence-electron chi connectivity index (χ2n) is 7.37. The van der Waals surface area contributed by atoms with Crippen LogP contribution in [-0.2, 0) is 9.47 Å². The fourth-order valence-corrected chi connectivity index (χ4v) is 3.49. The molecular formula is C22H38FIN4O2. The van der Waals surface area contributed by atoms with E-state index in [2.05, 4.69) is 17.1 Å². The highest BCUT2D eigenvalue weighted by molar-refractivity contribution is 14.0. The summed E-state index contributed by atoms with van der Waals surface area (Å²) < 4.78 is 24.9. The second-order valence-corrected chi connectivity index (χ2v) is 7.37. The van der Waals surface area contributed by atoms with Crippen LogP contribution in [0.3, 0.4) is 0 Å². The number of para-hydroxylation sites is 1. The zero-order chi connectivity index (χ0) is 20.9. The summed E-state index contributed by atoms with van der Waals surface area (Å²) in [6, 6.07) is 6.89. The first-order chi connectivity index (χ1) is 14.2. The largest absolute Gasteiger partial charge is 0.385 e. The molecule has 0 bridgehead atoms. The molecule has 8 heteroatoms. The number of ether oxygens (including phenoxy) is 2. The number of aliphatic imine (C=N–C) groups is 1. The quantitative estimate of drug-likeness (QED) is 0.202. The number of piperidine rings is 1. The fraction of sp³-hybridized carbons (Fsp3) is 0.682. The standard InChI is InChI=1S/C22H37FN4O2.HI/c1-4-24-22(27-15-11-19(12-16-27)29-18-8-17-28-3)25-13-7-14-26(2)21-10-6-5-9-20(21)23;/h5-6,9-10,19H,4,7-8,11-18H2,1-3H3,(H,24,25);1H. The molecule has 1 aromatic rings. The third-order valence-electron chi connectivity index (χ3n) is 5.10. The van der Waals surface area contributed by atoms with Gasteiger partial charge in [0.2, 0.25) is 0 Å². The Bertz CT molecular complexity index is 613. The predicted molar refractivity (Wildman–Crippen MR) is 133 cm³/mol. The van der Waals surface area contributed by atoms with E-state index in [1.165, 1.54) is 6.07 Å². The molecule has 1 aromatic carbocycles. The van der Waals surface area contributed by atoms with Gasteiger partial charge in [-0.15, -0.1) is 24.0 Å². The van der Waals surface area contributed by atoms with E-state index >= 15 is 0 Å². The molecule has 1 saturated heterocycles. The number of methoxy groups -OCH3 is 1. The van der Waals surface area contributed by atoms with Crippen molar-refractivity contribution in [2.24, 2.45) is 4.99 Å². The van der Waals surface area contributed by atoms with E-state index in [1.807, 2.05) is 24.1 Å². The van der Waals surface area contributed by atoms with E-state index in [0.29, 0.717) is 18.3 Å². The summed E-state index contributed by atoms with van der Waals surface area (Å²) in [6.45, 7) is 7.85. The Morgan fingerprint density at radius 2 is 1.97 bits per heavy atom. The number of guanidine groups is 1. The summed E-state index contributed by atoms with van der Waals surface area (Å²) >= 11 is 0. The number of nitrogens with zero attached hydrogens (tertiary/aromatic N) is 3. The lowest BCUT2D eigenvalue weighted by Gasteiger charge is -2.34. The van der Waals surface area contributed by atoms with Crippen LogP contribution in [0.15, 0.2) is 29.3 Å². The third-order valence-corrected chi connectivity index (χ3v) is 5.10. The maximum Gasteiger partial charge on any atom is 0.193 e. The number of rotatable bonds is 11. The Kier molecular flexibility index (Phi) is 14.0. The van der Waals surface area contributed by atoms with Crippen LogP contribution in [0.1, 0.15) is 32.6 Å². The van der Waals surface area contributed by atoms with Crippen molar-refractivity contribution in [2.45, 2.75) is 38.7 Å². The topological polar surface area (TPSA) is 49.3 Å². The summed E-state index contributed by atoms with van der Waals surface area (Å²) in [5.41, 5.74) is 0.635. The minimum absolute atomic E-state index is 0. The van der Waals surface area contributed by atoms with Gasteiger partial charge in [-0.05, 0) is 44.7 Å². The Labute approximate surface area is 198 Å². The molecule has 1 aliphatic heterocycles. The van der Waals surface area contributed by atoms with Crippen LogP contribution in [0.2, 0.25) is 0 Å². The molecule has 0 radical (unpaired) electrons. The molecule has 1 heterocycles. The normalized spacial score (nSPS) is 15.1. The zero-order valence-corrected chi connectivity index (χ0v) is 20.9. The van der Waals surface area contributed by atoms with Crippen molar-refractivity contribution in [3.63, 3.8) is 0 Å². The lowest BCUT2D eigenvalue weighted by atomic mass is 10.1. The number of nitrogens with one attached hydrogen (secondary N) is 1. The first-order valence-corrected chi connectivity index (χ1v) is 10.7. The molecule has 0 aliphatic carbocycles. The van der Waals surface area contributed by atoms with Gasteiger partial charge < -0.3 is 24.6 Å². The molecule has 1 fully saturated rings. The minimum Gasteiger partial charge on any atom is -0.385 e. The Hall–Kier alpha value is -1.13. The van der Waals surface area contributed by atoms with Crippen LogP contribution in [-0.4, -0.2) is 77.1 Å². The van der Waals surface area contributed by atoms with Crippen molar-refractivity contribution >= 4 is 35.6 Å². The molecule has 0 spiro atoms. The molecule has 0 aromatic heterocycles. The van der Waals surface area contributed by atoms with Gasteiger partial charge in [-0.3, -0.25) is 4.99 Å². The SMILES string of the molecule is CCNC(=NCCCN(C)c1ccccc1F)N1CCC(OCCCOC)CC1.I. The Morgan fingerprint density at radius 1 is 1.23 bits per heavy atom. The maximum absolute atomic E-state index is 13.9. The van der Waals surface area contributed by atoms with Crippen molar-refractivity contribution in [1.82, 2.24) is 10.2 Å². The molecule has 30 heavy (non-hydrogen) atoms. The van der Waals surface area contributed by atoms with E-state index in [1.54, 1.807) is 13.2 Å². The number of hydrogen-bond donors (Lipinski definition) is 1. The van der Waals surface area contributed by atoms with E-state index in [4.69, 9.17) is 14.5 Å². The average molecular weight is 536 g/mol. The van der Waals surface area contributed by atoms with E-state index in [9.17, 15) is 4.39 Å². The van der Waals surface area contributed by atoms with E-state index < -0.39 is 0 Å². The van der Waals surface area contributed by atoms with Gasteiger partial charge in [0.15, 0.2) is 5.96 Å². The highest BCUT2D eigenvalue weighted by Gasteiger charge is 2.21.